The summed E-state index contributed by atoms with van der Waals surface area (Å²) in [5.41, 5.74) is 1.22. The molecule has 0 atom stereocenters. The van der Waals surface area contributed by atoms with E-state index in [0.717, 1.165) is 31.5 Å². The van der Waals surface area contributed by atoms with Crippen LogP contribution in [0, 0.1) is 11.6 Å². The fourth-order valence-corrected chi connectivity index (χ4v) is 3.09. The highest BCUT2D eigenvalue weighted by Crippen LogP contribution is 2.38. The van der Waals surface area contributed by atoms with Crippen LogP contribution >= 0.6 is 11.6 Å². The molecular formula is C16H17ClF2N2O. The number of benzene rings is 1. The van der Waals surface area contributed by atoms with E-state index in [9.17, 15) is 8.78 Å². The van der Waals surface area contributed by atoms with Crippen molar-refractivity contribution in [3.63, 3.8) is 0 Å². The van der Waals surface area contributed by atoms with Crippen molar-refractivity contribution in [2.24, 2.45) is 0 Å². The van der Waals surface area contributed by atoms with Crippen LogP contribution in [0.3, 0.4) is 0 Å². The first-order valence-electron chi connectivity index (χ1n) is 7.22. The maximum Gasteiger partial charge on any atom is 0.202 e. The minimum absolute atomic E-state index is 0.120. The van der Waals surface area contributed by atoms with Gasteiger partial charge in [-0.1, -0.05) is 11.6 Å². The number of halogens is 3. The average Bonchev–Trinajstić information content (AvgIpc) is 3.03. The number of aromatic nitrogens is 1. The first-order chi connectivity index (χ1) is 10.6. The van der Waals surface area contributed by atoms with Crippen LogP contribution in [0.25, 0.3) is 11.1 Å². The monoisotopic (exact) mass is 326 g/mol. The van der Waals surface area contributed by atoms with E-state index in [1.54, 1.807) is 0 Å². The van der Waals surface area contributed by atoms with Crippen LogP contribution in [0.5, 0.6) is 5.75 Å². The molecule has 0 radical (unpaired) electrons. The van der Waals surface area contributed by atoms with E-state index in [-0.39, 0.29) is 10.8 Å². The molecule has 1 saturated heterocycles. The Morgan fingerprint density at radius 2 is 2.00 bits per heavy atom. The van der Waals surface area contributed by atoms with Gasteiger partial charge in [0.2, 0.25) is 5.82 Å². The molecular weight excluding hydrogens is 310 g/mol. The second kappa shape index (κ2) is 6.26. The molecule has 0 unspecified atom stereocenters. The highest BCUT2D eigenvalue weighted by atomic mass is 35.5. The van der Waals surface area contributed by atoms with Crippen LogP contribution in [0.4, 0.5) is 8.78 Å². The summed E-state index contributed by atoms with van der Waals surface area (Å²) in [7, 11) is 1.32. The SMILES string of the molecule is COc1c(-c2ccn(C3CCNCC3)c2)cc(Cl)c(F)c1F. The van der Waals surface area contributed by atoms with Crippen LogP contribution in [-0.4, -0.2) is 24.8 Å². The second-order valence-electron chi connectivity index (χ2n) is 5.40. The number of rotatable bonds is 3. The molecule has 2 heterocycles. The Hall–Kier alpha value is -1.59. The van der Waals surface area contributed by atoms with Gasteiger partial charge in [0.15, 0.2) is 11.6 Å². The molecule has 22 heavy (non-hydrogen) atoms. The molecule has 1 fully saturated rings. The normalized spacial score (nSPS) is 16.0. The fourth-order valence-electron chi connectivity index (χ4n) is 2.90. The minimum atomic E-state index is -1.08. The van der Waals surface area contributed by atoms with Crippen LogP contribution in [0.2, 0.25) is 5.02 Å². The van der Waals surface area contributed by atoms with E-state index in [2.05, 4.69) is 9.88 Å². The lowest BCUT2D eigenvalue weighted by molar-refractivity contribution is 0.368. The van der Waals surface area contributed by atoms with Gasteiger partial charge >= 0.3 is 0 Å². The van der Waals surface area contributed by atoms with Crippen molar-refractivity contribution in [3.8, 4) is 16.9 Å². The van der Waals surface area contributed by atoms with Crippen molar-refractivity contribution in [3.05, 3.63) is 41.2 Å². The summed E-state index contributed by atoms with van der Waals surface area (Å²) < 4.78 is 34.7. The first-order valence-corrected chi connectivity index (χ1v) is 7.59. The molecule has 0 amide bonds. The molecule has 0 spiro atoms. The van der Waals surface area contributed by atoms with Gasteiger partial charge in [0.25, 0.3) is 0 Å². The van der Waals surface area contributed by atoms with Gasteiger partial charge in [-0.25, -0.2) is 4.39 Å². The molecule has 3 nitrogen and oxygen atoms in total. The molecule has 1 aromatic heterocycles. The maximum atomic E-state index is 14.0. The molecule has 0 saturated carbocycles. The highest BCUT2D eigenvalue weighted by molar-refractivity contribution is 6.31. The van der Waals surface area contributed by atoms with Crippen LogP contribution in [0.15, 0.2) is 24.5 Å². The Morgan fingerprint density at radius 1 is 1.27 bits per heavy atom. The topological polar surface area (TPSA) is 26.2 Å². The predicted molar refractivity (Wildman–Crippen MR) is 82.5 cm³/mol. The molecule has 1 aliphatic rings. The third-order valence-electron chi connectivity index (χ3n) is 4.08. The molecule has 6 heteroatoms. The van der Waals surface area contributed by atoms with Crippen molar-refractivity contribution in [1.29, 1.82) is 0 Å². The number of hydrogen-bond acceptors (Lipinski definition) is 2. The zero-order chi connectivity index (χ0) is 15.7. The zero-order valence-corrected chi connectivity index (χ0v) is 13.0. The van der Waals surface area contributed by atoms with Crippen LogP contribution in [-0.2, 0) is 0 Å². The smallest absolute Gasteiger partial charge is 0.202 e. The van der Waals surface area contributed by atoms with Crippen molar-refractivity contribution < 1.29 is 13.5 Å². The molecule has 3 rings (SSSR count). The van der Waals surface area contributed by atoms with Crippen molar-refractivity contribution >= 4 is 11.6 Å². The molecule has 2 aromatic rings. The number of nitrogens with one attached hydrogen (secondary N) is 1. The summed E-state index contributed by atoms with van der Waals surface area (Å²) in [6.07, 6.45) is 5.98. The number of ether oxygens (including phenoxy) is 1. The molecule has 0 bridgehead atoms. The van der Waals surface area contributed by atoms with Gasteiger partial charge in [0, 0.05) is 29.6 Å². The van der Waals surface area contributed by atoms with E-state index < -0.39 is 11.6 Å². The van der Waals surface area contributed by atoms with E-state index in [4.69, 9.17) is 16.3 Å². The van der Waals surface area contributed by atoms with E-state index in [1.807, 2.05) is 18.5 Å². The lowest BCUT2D eigenvalue weighted by Crippen LogP contribution is -2.28. The zero-order valence-electron chi connectivity index (χ0n) is 12.2. The van der Waals surface area contributed by atoms with Crippen molar-refractivity contribution in [2.75, 3.05) is 20.2 Å². The Balaban J connectivity index is 1.99. The van der Waals surface area contributed by atoms with Gasteiger partial charge in [0.05, 0.1) is 12.1 Å². The minimum Gasteiger partial charge on any atom is -0.493 e. The second-order valence-corrected chi connectivity index (χ2v) is 5.80. The summed E-state index contributed by atoms with van der Waals surface area (Å²) in [5.74, 6) is -2.26. The van der Waals surface area contributed by atoms with Gasteiger partial charge in [-0.3, -0.25) is 0 Å². The predicted octanol–water partition coefficient (Wildman–Crippen LogP) is 4.02. The number of hydrogen-bond donors (Lipinski definition) is 1. The Labute approximate surface area is 132 Å². The summed E-state index contributed by atoms with van der Waals surface area (Å²) in [6.45, 7) is 1.97. The first kappa shape index (κ1) is 15.3. The number of methoxy groups -OCH3 is 1. The standard InChI is InChI=1S/C16H17ClF2N2O/c1-22-16-12(8-13(17)14(18)15(16)19)10-4-7-21(9-10)11-2-5-20-6-3-11/h4,7-9,11,20H,2-3,5-6H2,1H3. The highest BCUT2D eigenvalue weighted by Gasteiger charge is 2.21. The van der Waals surface area contributed by atoms with Crippen LogP contribution in [0.1, 0.15) is 18.9 Å². The molecule has 1 aliphatic heterocycles. The van der Waals surface area contributed by atoms with Gasteiger partial charge in [-0.2, -0.15) is 4.39 Å². The average molecular weight is 327 g/mol. The van der Waals surface area contributed by atoms with Gasteiger partial charge < -0.3 is 14.6 Å². The maximum absolute atomic E-state index is 14.0. The van der Waals surface area contributed by atoms with Crippen molar-refractivity contribution in [2.45, 2.75) is 18.9 Å². The quantitative estimate of drug-likeness (QED) is 0.862. The molecule has 1 N–H and O–H groups in total. The number of nitrogens with zero attached hydrogens (tertiary/aromatic N) is 1. The number of piperidine rings is 1. The van der Waals surface area contributed by atoms with E-state index >= 15 is 0 Å². The van der Waals surface area contributed by atoms with E-state index in [1.165, 1.54) is 13.2 Å². The third-order valence-corrected chi connectivity index (χ3v) is 4.35. The lowest BCUT2D eigenvalue weighted by atomic mass is 10.1. The van der Waals surface area contributed by atoms with E-state index in [0.29, 0.717) is 11.6 Å². The van der Waals surface area contributed by atoms with Gasteiger partial charge in [0.1, 0.15) is 0 Å². The summed E-state index contributed by atoms with van der Waals surface area (Å²) >= 11 is 5.77. The largest absolute Gasteiger partial charge is 0.493 e. The Kier molecular flexibility index (Phi) is 4.36. The summed E-state index contributed by atoms with van der Waals surface area (Å²) in [4.78, 5) is 0. The van der Waals surface area contributed by atoms with Crippen molar-refractivity contribution in [1.82, 2.24) is 9.88 Å². The Bertz CT molecular complexity index is 681. The molecule has 118 valence electrons. The summed E-state index contributed by atoms with van der Waals surface area (Å²) in [5, 5.41) is 3.07. The lowest BCUT2D eigenvalue weighted by Gasteiger charge is -2.24. The van der Waals surface area contributed by atoms with Gasteiger partial charge in [-0.05, 0) is 38.1 Å². The Morgan fingerprint density at radius 3 is 2.68 bits per heavy atom. The van der Waals surface area contributed by atoms with Crippen LogP contribution < -0.4 is 10.1 Å². The third kappa shape index (κ3) is 2.71. The summed E-state index contributed by atoms with van der Waals surface area (Å²) in [6, 6.07) is 3.69. The molecule has 0 aliphatic carbocycles. The van der Waals surface area contributed by atoms with Gasteiger partial charge in [-0.15, -0.1) is 0 Å². The fraction of sp³-hybridized carbons (Fsp3) is 0.375. The molecule has 1 aromatic carbocycles.